The molecule has 1 rings (SSSR count). The molecular formula is C10H14BrNO. The molecule has 0 aliphatic heterocycles. The van der Waals surface area contributed by atoms with Crippen LogP contribution in [0.5, 0.6) is 5.75 Å². The second-order valence-electron chi connectivity index (χ2n) is 3.08. The first kappa shape index (κ1) is 10.5. The number of aromatic hydroxyl groups is 1. The van der Waals surface area contributed by atoms with E-state index in [1.807, 2.05) is 20.0 Å². The molecule has 0 aliphatic rings. The number of benzene rings is 1. The van der Waals surface area contributed by atoms with Gasteiger partial charge in [0, 0.05) is 0 Å². The van der Waals surface area contributed by atoms with Crippen molar-refractivity contribution in [3.05, 3.63) is 27.7 Å². The fourth-order valence-corrected chi connectivity index (χ4v) is 1.63. The van der Waals surface area contributed by atoms with Crippen molar-refractivity contribution in [1.82, 2.24) is 5.32 Å². The van der Waals surface area contributed by atoms with Crippen LogP contribution in [0.25, 0.3) is 0 Å². The van der Waals surface area contributed by atoms with Gasteiger partial charge in [0.05, 0.1) is 4.47 Å². The van der Waals surface area contributed by atoms with Crippen molar-refractivity contribution in [2.24, 2.45) is 0 Å². The van der Waals surface area contributed by atoms with Gasteiger partial charge in [-0.05, 0) is 66.1 Å². The van der Waals surface area contributed by atoms with Crippen LogP contribution >= 0.6 is 15.9 Å². The monoisotopic (exact) mass is 243 g/mol. The second-order valence-corrected chi connectivity index (χ2v) is 3.94. The Hall–Kier alpha value is -0.540. The topological polar surface area (TPSA) is 32.3 Å². The third-order valence-electron chi connectivity index (χ3n) is 2.05. The highest BCUT2D eigenvalue weighted by Gasteiger charge is 2.03. The predicted octanol–water partition coefficient (Wildman–Crippen LogP) is 2.23. The van der Waals surface area contributed by atoms with Gasteiger partial charge in [0.2, 0.25) is 0 Å². The molecule has 2 N–H and O–H groups in total. The van der Waals surface area contributed by atoms with Gasteiger partial charge in [-0.25, -0.2) is 0 Å². The number of nitrogens with one attached hydrogen (secondary N) is 1. The first-order valence-electron chi connectivity index (χ1n) is 4.27. The summed E-state index contributed by atoms with van der Waals surface area (Å²) in [6, 6.07) is 3.76. The number of hydrogen-bond acceptors (Lipinski definition) is 2. The molecular weight excluding hydrogens is 230 g/mol. The van der Waals surface area contributed by atoms with E-state index in [1.54, 1.807) is 6.07 Å². The number of likely N-dealkylation sites (N-methyl/N-ethyl adjacent to an activating group) is 1. The zero-order valence-electron chi connectivity index (χ0n) is 7.89. The molecule has 0 fully saturated rings. The fourth-order valence-electron chi connectivity index (χ4n) is 1.24. The molecule has 0 radical (unpaired) electrons. The fraction of sp³-hybridized carbons (Fsp3) is 0.400. The summed E-state index contributed by atoms with van der Waals surface area (Å²) in [6.45, 7) is 2.97. The highest BCUT2D eigenvalue weighted by molar-refractivity contribution is 9.10. The van der Waals surface area contributed by atoms with Gasteiger partial charge in [-0.1, -0.05) is 0 Å². The number of aryl methyl sites for hydroxylation is 1. The van der Waals surface area contributed by atoms with E-state index in [9.17, 15) is 5.11 Å². The quantitative estimate of drug-likeness (QED) is 0.854. The number of halogens is 1. The molecule has 1 aromatic rings. The van der Waals surface area contributed by atoms with Crippen molar-refractivity contribution in [1.29, 1.82) is 0 Å². The SMILES string of the molecule is CNCCc1cc(Br)c(O)cc1C. The first-order chi connectivity index (χ1) is 6.15. The first-order valence-corrected chi connectivity index (χ1v) is 5.07. The maximum Gasteiger partial charge on any atom is 0.130 e. The lowest BCUT2D eigenvalue weighted by atomic mass is 10.1. The Balaban J connectivity index is 2.88. The van der Waals surface area contributed by atoms with Crippen LogP contribution in [0, 0.1) is 6.92 Å². The highest BCUT2D eigenvalue weighted by Crippen LogP contribution is 2.27. The molecule has 0 amide bonds. The van der Waals surface area contributed by atoms with Gasteiger partial charge in [0.15, 0.2) is 0 Å². The molecule has 72 valence electrons. The minimum absolute atomic E-state index is 0.311. The second kappa shape index (κ2) is 4.63. The molecule has 2 nitrogen and oxygen atoms in total. The van der Waals surface area contributed by atoms with E-state index >= 15 is 0 Å². The summed E-state index contributed by atoms with van der Waals surface area (Å²) < 4.78 is 0.768. The van der Waals surface area contributed by atoms with Crippen molar-refractivity contribution < 1.29 is 5.11 Å². The summed E-state index contributed by atoms with van der Waals surface area (Å²) in [6.07, 6.45) is 0.987. The van der Waals surface area contributed by atoms with Gasteiger partial charge in [-0.15, -0.1) is 0 Å². The summed E-state index contributed by atoms with van der Waals surface area (Å²) in [5.74, 6) is 0.311. The summed E-state index contributed by atoms with van der Waals surface area (Å²) in [5.41, 5.74) is 2.40. The van der Waals surface area contributed by atoms with Gasteiger partial charge >= 0.3 is 0 Å². The van der Waals surface area contributed by atoms with E-state index in [0.717, 1.165) is 23.0 Å². The normalized spacial score (nSPS) is 10.4. The molecule has 0 unspecified atom stereocenters. The Kier molecular flexibility index (Phi) is 3.75. The zero-order valence-corrected chi connectivity index (χ0v) is 9.48. The van der Waals surface area contributed by atoms with Crippen molar-refractivity contribution in [3.8, 4) is 5.75 Å². The van der Waals surface area contributed by atoms with Crippen molar-refractivity contribution in [3.63, 3.8) is 0 Å². The smallest absolute Gasteiger partial charge is 0.130 e. The Morgan fingerprint density at radius 2 is 2.15 bits per heavy atom. The molecule has 0 aromatic heterocycles. The standard InChI is InChI=1S/C10H14BrNO/c1-7-5-10(13)9(11)6-8(7)3-4-12-2/h5-6,12-13H,3-4H2,1-2H3. The lowest BCUT2D eigenvalue weighted by Crippen LogP contribution is -2.10. The van der Waals surface area contributed by atoms with Crippen LogP contribution in [0.15, 0.2) is 16.6 Å². The van der Waals surface area contributed by atoms with Gasteiger partial charge in [0.1, 0.15) is 5.75 Å². The molecule has 0 saturated heterocycles. The van der Waals surface area contributed by atoms with Crippen LogP contribution in [-0.4, -0.2) is 18.7 Å². The van der Waals surface area contributed by atoms with Crippen molar-refractivity contribution in [2.75, 3.05) is 13.6 Å². The van der Waals surface area contributed by atoms with Gasteiger partial charge in [-0.2, -0.15) is 0 Å². The van der Waals surface area contributed by atoms with Crippen LogP contribution in [0.2, 0.25) is 0 Å². The number of phenols is 1. The average molecular weight is 244 g/mol. The summed E-state index contributed by atoms with van der Waals surface area (Å²) >= 11 is 3.30. The van der Waals surface area contributed by atoms with Crippen LogP contribution in [0.1, 0.15) is 11.1 Å². The van der Waals surface area contributed by atoms with E-state index in [4.69, 9.17) is 0 Å². The van der Waals surface area contributed by atoms with Gasteiger partial charge in [-0.3, -0.25) is 0 Å². The minimum Gasteiger partial charge on any atom is -0.507 e. The third kappa shape index (κ3) is 2.71. The van der Waals surface area contributed by atoms with Crippen molar-refractivity contribution >= 4 is 15.9 Å². The summed E-state index contributed by atoms with van der Waals surface area (Å²) in [7, 11) is 1.94. The Bertz CT molecular complexity index is 299. The maximum atomic E-state index is 9.39. The zero-order chi connectivity index (χ0) is 9.84. The minimum atomic E-state index is 0.311. The third-order valence-corrected chi connectivity index (χ3v) is 2.68. The van der Waals surface area contributed by atoms with Crippen molar-refractivity contribution in [2.45, 2.75) is 13.3 Å². The van der Waals surface area contributed by atoms with E-state index in [1.165, 1.54) is 5.56 Å². The predicted molar refractivity (Wildman–Crippen MR) is 58.2 cm³/mol. The summed E-state index contributed by atoms with van der Waals surface area (Å²) in [4.78, 5) is 0. The number of hydrogen-bond donors (Lipinski definition) is 2. The molecule has 0 saturated carbocycles. The number of rotatable bonds is 3. The van der Waals surface area contributed by atoms with E-state index in [2.05, 4.69) is 21.2 Å². The van der Waals surface area contributed by atoms with E-state index in [-0.39, 0.29) is 0 Å². The Morgan fingerprint density at radius 3 is 2.77 bits per heavy atom. The molecule has 1 aromatic carbocycles. The molecule has 0 heterocycles. The largest absolute Gasteiger partial charge is 0.507 e. The molecule has 0 bridgehead atoms. The Labute approximate surface area is 87.1 Å². The van der Waals surface area contributed by atoms with Crippen LogP contribution in [0.4, 0.5) is 0 Å². The maximum absolute atomic E-state index is 9.39. The molecule has 0 aliphatic carbocycles. The Morgan fingerprint density at radius 1 is 1.46 bits per heavy atom. The van der Waals surface area contributed by atoms with Gasteiger partial charge < -0.3 is 10.4 Å². The lowest BCUT2D eigenvalue weighted by Gasteiger charge is -2.07. The molecule has 13 heavy (non-hydrogen) atoms. The lowest BCUT2D eigenvalue weighted by molar-refractivity contribution is 0.471. The van der Waals surface area contributed by atoms with Crippen LogP contribution < -0.4 is 5.32 Å². The van der Waals surface area contributed by atoms with E-state index in [0.29, 0.717) is 5.75 Å². The molecule has 0 atom stereocenters. The van der Waals surface area contributed by atoms with Gasteiger partial charge in [0.25, 0.3) is 0 Å². The van der Waals surface area contributed by atoms with Crippen LogP contribution in [-0.2, 0) is 6.42 Å². The highest BCUT2D eigenvalue weighted by atomic mass is 79.9. The molecule has 3 heteroatoms. The van der Waals surface area contributed by atoms with E-state index < -0.39 is 0 Å². The number of phenolic OH excluding ortho intramolecular Hbond substituents is 1. The average Bonchev–Trinajstić information content (AvgIpc) is 2.09. The molecule has 0 spiro atoms. The summed E-state index contributed by atoms with van der Waals surface area (Å²) in [5, 5.41) is 12.5. The van der Waals surface area contributed by atoms with Crippen LogP contribution in [0.3, 0.4) is 0 Å².